The van der Waals surface area contributed by atoms with Crippen molar-refractivity contribution in [2.75, 3.05) is 32.5 Å². The molecule has 0 heterocycles. The van der Waals surface area contributed by atoms with Crippen LogP contribution in [0.15, 0.2) is 23.1 Å². The summed E-state index contributed by atoms with van der Waals surface area (Å²) in [5.74, 6) is -1.74. The largest absolute Gasteiger partial charge is 0.426 e. The number of carbonyl (C=O) groups is 1. The maximum Gasteiger partial charge on any atom is 0.426 e. The molecule has 154 valence electrons. The van der Waals surface area contributed by atoms with Gasteiger partial charge >= 0.3 is 6.18 Å². The van der Waals surface area contributed by atoms with Gasteiger partial charge in [0.2, 0.25) is 15.6 Å². The first kappa shape index (κ1) is 23.6. The number of aliphatic hydroxyl groups is 1. The van der Waals surface area contributed by atoms with Gasteiger partial charge in [-0.3, -0.25) is 4.79 Å². The van der Waals surface area contributed by atoms with Crippen molar-refractivity contribution in [3.63, 3.8) is 0 Å². The van der Waals surface area contributed by atoms with Crippen LogP contribution < -0.4 is 10.0 Å². The number of nitrogens with zero attached hydrogens (tertiary/aromatic N) is 1. The van der Waals surface area contributed by atoms with Crippen molar-refractivity contribution < 1.29 is 31.5 Å². The minimum Gasteiger partial charge on any atom is -0.373 e. The monoisotopic (exact) mass is 431 g/mol. The molecule has 1 rings (SSSR count). The van der Waals surface area contributed by atoms with E-state index in [1.165, 1.54) is 0 Å². The first-order valence-corrected chi connectivity index (χ1v) is 9.59. The minimum absolute atomic E-state index is 0.186. The van der Waals surface area contributed by atoms with Crippen molar-refractivity contribution in [1.29, 1.82) is 0 Å². The Morgan fingerprint density at radius 3 is 2.37 bits per heavy atom. The van der Waals surface area contributed by atoms with Crippen LogP contribution in [0.4, 0.5) is 18.9 Å². The lowest BCUT2D eigenvalue weighted by Gasteiger charge is -2.25. The molecule has 1 atom stereocenters. The highest BCUT2D eigenvalue weighted by molar-refractivity contribution is 7.89. The third-order valence-electron chi connectivity index (χ3n) is 3.57. The lowest BCUT2D eigenvalue weighted by Crippen LogP contribution is -2.52. The van der Waals surface area contributed by atoms with Crippen LogP contribution in [0.1, 0.15) is 13.3 Å². The molecule has 0 saturated heterocycles. The fourth-order valence-electron chi connectivity index (χ4n) is 1.82. The van der Waals surface area contributed by atoms with Crippen molar-refractivity contribution in [3.8, 4) is 0 Å². The van der Waals surface area contributed by atoms with E-state index in [4.69, 9.17) is 11.6 Å². The molecule has 27 heavy (non-hydrogen) atoms. The van der Waals surface area contributed by atoms with E-state index in [1.54, 1.807) is 0 Å². The lowest BCUT2D eigenvalue weighted by atomic mass is 10.1. The standard InChI is InChI=1S/C15H21ClF3N3O4S/c1-14(24,15(17,18)19)13(23)21-12-6-5-10(9-11(12)16)27(25,26)20-7-4-8-22(2)3/h5-6,9,20,24H,4,7-8H2,1-3H3,(H,21,23)/t14-/m1/s1. The average Bonchev–Trinajstić information content (AvgIpc) is 2.52. The molecule has 0 fully saturated rings. The molecule has 3 N–H and O–H groups in total. The second-order valence-electron chi connectivity index (χ2n) is 6.22. The van der Waals surface area contributed by atoms with E-state index in [1.807, 2.05) is 24.3 Å². The van der Waals surface area contributed by atoms with Crippen LogP contribution in [0.2, 0.25) is 5.02 Å². The van der Waals surface area contributed by atoms with Crippen LogP contribution in [-0.2, 0) is 14.8 Å². The van der Waals surface area contributed by atoms with Gasteiger partial charge < -0.3 is 15.3 Å². The van der Waals surface area contributed by atoms with Crippen molar-refractivity contribution in [2.24, 2.45) is 0 Å². The summed E-state index contributed by atoms with van der Waals surface area (Å²) in [6.07, 6.45) is -4.62. The number of carbonyl (C=O) groups excluding carboxylic acids is 1. The maximum absolute atomic E-state index is 12.7. The Morgan fingerprint density at radius 1 is 1.30 bits per heavy atom. The molecule has 12 heteroatoms. The van der Waals surface area contributed by atoms with Gasteiger partial charge in [-0.1, -0.05) is 11.6 Å². The Bertz CT molecular complexity index is 783. The van der Waals surface area contributed by atoms with Crippen LogP contribution >= 0.6 is 11.6 Å². The number of amides is 1. The Kier molecular flexibility index (Phi) is 7.65. The summed E-state index contributed by atoms with van der Waals surface area (Å²) in [6.45, 7) is 1.16. The predicted octanol–water partition coefficient (Wildman–Crippen LogP) is 1.82. The number of nitrogens with one attached hydrogen (secondary N) is 2. The van der Waals surface area contributed by atoms with Gasteiger partial charge in [-0.2, -0.15) is 13.2 Å². The summed E-state index contributed by atoms with van der Waals surface area (Å²) in [6, 6.07) is 3.12. The van der Waals surface area contributed by atoms with E-state index in [0.717, 1.165) is 18.2 Å². The van der Waals surface area contributed by atoms with E-state index < -0.39 is 27.7 Å². The molecule has 0 unspecified atom stereocenters. The van der Waals surface area contributed by atoms with Gasteiger partial charge in [0.25, 0.3) is 5.91 Å². The average molecular weight is 432 g/mol. The predicted molar refractivity (Wildman–Crippen MR) is 95.1 cm³/mol. The van der Waals surface area contributed by atoms with E-state index in [0.29, 0.717) is 19.9 Å². The minimum atomic E-state index is -5.19. The Morgan fingerprint density at radius 2 is 1.89 bits per heavy atom. The number of rotatable bonds is 8. The van der Waals surface area contributed by atoms with Gasteiger partial charge in [-0.05, 0) is 52.2 Å². The third kappa shape index (κ3) is 6.32. The molecule has 0 saturated carbocycles. The molecule has 0 aliphatic rings. The van der Waals surface area contributed by atoms with E-state index >= 15 is 0 Å². The zero-order chi connectivity index (χ0) is 21.0. The van der Waals surface area contributed by atoms with Gasteiger partial charge in [0.15, 0.2) is 0 Å². The molecule has 1 aromatic carbocycles. The fraction of sp³-hybridized carbons (Fsp3) is 0.533. The molecule has 0 aliphatic carbocycles. The number of hydrogen-bond acceptors (Lipinski definition) is 5. The van der Waals surface area contributed by atoms with Crippen molar-refractivity contribution in [3.05, 3.63) is 23.2 Å². The first-order chi connectivity index (χ1) is 12.2. The van der Waals surface area contributed by atoms with E-state index in [9.17, 15) is 31.5 Å². The zero-order valence-corrected chi connectivity index (χ0v) is 16.5. The van der Waals surface area contributed by atoms with Crippen molar-refractivity contribution in [1.82, 2.24) is 9.62 Å². The summed E-state index contributed by atoms with van der Waals surface area (Å²) in [4.78, 5) is 13.3. The molecule has 0 radical (unpaired) electrons. The quantitative estimate of drug-likeness (QED) is 0.545. The molecule has 0 bridgehead atoms. The Hall–Kier alpha value is -1.40. The second-order valence-corrected chi connectivity index (χ2v) is 8.39. The molecule has 0 spiro atoms. The smallest absolute Gasteiger partial charge is 0.373 e. The Labute approximate surface area is 160 Å². The topological polar surface area (TPSA) is 98.7 Å². The molecule has 7 nitrogen and oxygen atoms in total. The van der Waals surface area contributed by atoms with Gasteiger partial charge in [0, 0.05) is 6.54 Å². The second kappa shape index (κ2) is 8.74. The van der Waals surface area contributed by atoms with E-state index in [-0.39, 0.29) is 22.2 Å². The highest BCUT2D eigenvalue weighted by Gasteiger charge is 2.55. The number of anilines is 1. The maximum atomic E-state index is 12.7. The van der Waals surface area contributed by atoms with Crippen LogP contribution in [-0.4, -0.2) is 63.3 Å². The van der Waals surface area contributed by atoms with Gasteiger partial charge in [-0.15, -0.1) is 0 Å². The number of hydrogen-bond donors (Lipinski definition) is 3. The third-order valence-corrected chi connectivity index (χ3v) is 5.34. The first-order valence-electron chi connectivity index (χ1n) is 7.73. The lowest BCUT2D eigenvalue weighted by molar-refractivity contribution is -0.242. The normalized spacial score (nSPS) is 14.9. The highest BCUT2D eigenvalue weighted by Crippen LogP contribution is 2.32. The SMILES string of the molecule is CN(C)CCCNS(=O)(=O)c1ccc(NC(=O)[C@@](C)(O)C(F)(F)F)c(Cl)c1. The summed E-state index contributed by atoms with van der Waals surface area (Å²) in [5, 5.41) is 10.9. The van der Waals surface area contributed by atoms with Crippen molar-refractivity contribution >= 4 is 33.2 Å². The van der Waals surface area contributed by atoms with Crippen LogP contribution in [0.3, 0.4) is 0 Å². The van der Waals surface area contributed by atoms with Gasteiger partial charge in [0.1, 0.15) is 0 Å². The van der Waals surface area contributed by atoms with Crippen LogP contribution in [0.5, 0.6) is 0 Å². The van der Waals surface area contributed by atoms with Gasteiger partial charge in [0.05, 0.1) is 15.6 Å². The van der Waals surface area contributed by atoms with Crippen LogP contribution in [0.25, 0.3) is 0 Å². The number of halogens is 4. The number of alkyl halides is 3. The molecule has 1 aromatic rings. The van der Waals surface area contributed by atoms with E-state index in [2.05, 4.69) is 4.72 Å². The number of benzene rings is 1. The summed E-state index contributed by atoms with van der Waals surface area (Å²) >= 11 is 5.87. The molecule has 0 aromatic heterocycles. The summed E-state index contributed by atoms with van der Waals surface area (Å²) in [5.41, 5.74) is -3.90. The van der Waals surface area contributed by atoms with Crippen molar-refractivity contribution in [2.45, 2.75) is 30.0 Å². The number of sulfonamides is 1. The van der Waals surface area contributed by atoms with Gasteiger partial charge in [-0.25, -0.2) is 13.1 Å². The molecular weight excluding hydrogens is 411 g/mol. The summed E-state index contributed by atoms with van der Waals surface area (Å²) < 4.78 is 64.8. The highest BCUT2D eigenvalue weighted by atomic mass is 35.5. The molecule has 1 amide bonds. The zero-order valence-electron chi connectivity index (χ0n) is 14.9. The molecule has 0 aliphatic heterocycles. The fourth-order valence-corrected chi connectivity index (χ4v) is 3.21. The van der Waals surface area contributed by atoms with Crippen LogP contribution in [0, 0.1) is 0 Å². The molecular formula is C15H21ClF3N3O4S. The summed E-state index contributed by atoms with van der Waals surface area (Å²) in [7, 11) is -0.183. The Balaban J connectivity index is 2.89.